The number of fused-ring (bicyclic) bond motifs is 2. The van der Waals surface area contributed by atoms with Crippen LogP contribution >= 0.6 is 11.8 Å². The van der Waals surface area contributed by atoms with Crippen molar-refractivity contribution in [3.63, 3.8) is 0 Å². The second kappa shape index (κ2) is 8.84. The number of nitrogens with zero attached hydrogens (tertiary/aromatic N) is 4. The summed E-state index contributed by atoms with van der Waals surface area (Å²) in [4.78, 5) is 14.0. The first-order valence-electron chi connectivity index (χ1n) is 10.3. The summed E-state index contributed by atoms with van der Waals surface area (Å²) in [5.74, 6) is 1.61. The standard InChI is InChI=1S/C21H26N6O4S2/c1-5-13-9-14-15(31-12-30-14)10-16(13)32-20-26-17-18(22)23-11-24-19(17)27(20)8-6-7-25-33(28,29)21(2,3)4/h5,9-11,25H,1,6-8,12H2,2-4H3,(H2,22,23,24). The van der Waals surface area contributed by atoms with Crippen LogP contribution in [0.2, 0.25) is 0 Å². The molecule has 12 heteroatoms. The van der Waals surface area contributed by atoms with E-state index in [4.69, 9.17) is 15.2 Å². The monoisotopic (exact) mass is 490 g/mol. The van der Waals surface area contributed by atoms with E-state index in [0.717, 1.165) is 10.5 Å². The SMILES string of the molecule is C=Cc1cc2c(cc1Sc1nc3c(N)ncnc3n1CCCNS(=O)(=O)C(C)(C)C)OCO2. The number of benzene rings is 1. The molecular weight excluding hydrogens is 464 g/mol. The molecule has 0 bridgehead atoms. The van der Waals surface area contributed by atoms with Crippen molar-refractivity contribution in [1.82, 2.24) is 24.2 Å². The highest BCUT2D eigenvalue weighted by atomic mass is 32.2. The predicted molar refractivity (Wildman–Crippen MR) is 128 cm³/mol. The lowest BCUT2D eigenvalue weighted by Crippen LogP contribution is -2.39. The fourth-order valence-corrected chi connectivity index (χ4v) is 5.05. The Kier molecular flexibility index (Phi) is 6.25. The van der Waals surface area contributed by atoms with Crippen molar-refractivity contribution < 1.29 is 17.9 Å². The average Bonchev–Trinajstić information content (AvgIpc) is 3.34. The van der Waals surface area contributed by atoms with Gasteiger partial charge in [0.1, 0.15) is 6.33 Å². The third kappa shape index (κ3) is 4.63. The number of hydrogen-bond donors (Lipinski definition) is 2. The van der Waals surface area contributed by atoms with E-state index >= 15 is 0 Å². The number of nitrogens with two attached hydrogens (primary N) is 1. The number of anilines is 1. The lowest BCUT2D eigenvalue weighted by Gasteiger charge is -2.19. The van der Waals surface area contributed by atoms with Gasteiger partial charge in [-0.1, -0.05) is 24.4 Å². The topological polar surface area (TPSA) is 134 Å². The molecule has 0 atom stereocenters. The number of aromatic nitrogens is 4. The zero-order chi connectivity index (χ0) is 23.8. The van der Waals surface area contributed by atoms with Crippen molar-refractivity contribution in [2.45, 2.75) is 48.5 Å². The predicted octanol–water partition coefficient (Wildman–Crippen LogP) is 3.04. The van der Waals surface area contributed by atoms with Gasteiger partial charge in [0, 0.05) is 18.0 Å². The number of aryl methyl sites for hydroxylation is 1. The van der Waals surface area contributed by atoms with Crippen LogP contribution in [0, 0.1) is 0 Å². The molecule has 0 aliphatic carbocycles. The molecule has 0 amide bonds. The molecule has 0 fully saturated rings. The Hall–Kier alpha value is -2.83. The molecule has 176 valence electrons. The van der Waals surface area contributed by atoms with E-state index in [9.17, 15) is 8.42 Å². The Balaban J connectivity index is 1.62. The molecule has 1 aliphatic heterocycles. The number of nitrogen functional groups attached to an aromatic ring is 1. The van der Waals surface area contributed by atoms with Gasteiger partial charge >= 0.3 is 0 Å². The van der Waals surface area contributed by atoms with Crippen molar-refractivity contribution in [2.75, 3.05) is 19.1 Å². The van der Waals surface area contributed by atoms with Gasteiger partial charge in [0.05, 0.1) is 4.75 Å². The minimum atomic E-state index is -3.42. The maximum atomic E-state index is 12.3. The van der Waals surface area contributed by atoms with Crippen molar-refractivity contribution >= 4 is 44.8 Å². The number of hydrogen-bond acceptors (Lipinski definition) is 9. The zero-order valence-electron chi connectivity index (χ0n) is 18.7. The zero-order valence-corrected chi connectivity index (χ0v) is 20.3. The minimum Gasteiger partial charge on any atom is -0.454 e. The number of imidazole rings is 1. The number of rotatable bonds is 8. The molecule has 3 aromatic rings. The lowest BCUT2D eigenvalue weighted by molar-refractivity contribution is 0.174. The molecule has 4 rings (SSSR count). The summed E-state index contributed by atoms with van der Waals surface area (Å²) >= 11 is 1.42. The molecule has 1 aliphatic rings. The quantitative estimate of drug-likeness (QED) is 0.457. The highest BCUT2D eigenvalue weighted by molar-refractivity contribution is 7.99. The number of sulfonamides is 1. The van der Waals surface area contributed by atoms with Gasteiger partial charge in [0.2, 0.25) is 16.8 Å². The second-order valence-electron chi connectivity index (χ2n) is 8.39. The van der Waals surface area contributed by atoms with Gasteiger partial charge < -0.3 is 19.8 Å². The summed E-state index contributed by atoms with van der Waals surface area (Å²) in [5, 5.41) is 0.651. The molecule has 0 radical (unpaired) electrons. The molecule has 0 unspecified atom stereocenters. The van der Waals surface area contributed by atoms with E-state index in [1.807, 2.05) is 16.7 Å². The Morgan fingerprint density at radius 2 is 2.00 bits per heavy atom. The molecule has 33 heavy (non-hydrogen) atoms. The molecule has 3 N–H and O–H groups in total. The molecule has 2 aromatic heterocycles. The van der Waals surface area contributed by atoms with Crippen LogP contribution in [0.15, 0.2) is 35.1 Å². The van der Waals surface area contributed by atoms with E-state index in [1.165, 1.54) is 18.1 Å². The third-order valence-electron chi connectivity index (χ3n) is 5.11. The largest absolute Gasteiger partial charge is 0.454 e. The normalized spacial score (nSPS) is 13.5. The van der Waals surface area contributed by atoms with E-state index < -0.39 is 14.8 Å². The summed E-state index contributed by atoms with van der Waals surface area (Å²) in [7, 11) is -3.42. The first kappa shape index (κ1) is 23.3. The molecular formula is C21H26N6O4S2. The fraction of sp³-hybridized carbons (Fsp3) is 0.381. The summed E-state index contributed by atoms with van der Waals surface area (Å²) in [5.41, 5.74) is 8.00. The van der Waals surface area contributed by atoms with Gasteiger partial charge in [-0.2, -0.15) is 0 Å². The molecule has 0 saturated heterocycles. The highest BCUT2D eigenvalue weighted by Gasteiger charge is 2.28. The van der Waals surface area contributed by atoms with Crippen molar-refractivity contribution in [2.24, 2.45) is 0 Å². The summed E-state index contributed by atoms with van der Waals surface area (Å²) in [6.07, 6.45) is 3.67. The van der Waals surface area contributed by atoms with Crippen LogP contribution in [-0.4, -0.2) is 46.0 Å². The molecule has 0 saturated carbocycles. The van der Waals surface area contributed by atoms with Gasteiger partial charge in [-0.25, -0.2) is 28.1 Å². The third-order valence-corrected chi connectivity index (χ3v) is 8.37. The maximum Gasteiger partial charge on any atom is 0.231 e. The van der Waals surface area contributed by atoms with Gasteiger partial charge in [0.25, 0.3) is 0 Å². The average molecular weight is 491 g/mol. The molecule has 10 nitrogen and oxygen atoms in total. The lowest BCUT2D eigenvalue weighted by atomic mass is 10.2. The van der Waals surface area contributed by atoms with Crippen LogP contribution in [-0.2, 0) is 16.6 Å². The van der Waals surface area contributed by atoms with Crippen molar-refractivity contribution in [3.05, 3.63) is 30.6 Å². The van der Waals surface area contributed by atoms with E-state index in [0.29, 0.717) is 40.8 Å². The fourth-order valence-electron chi connectivity index (χ4n) is 3.16. The van der Waals surface area contributed by atoms with Crippen LogP contribution in [0.3, 0.4) is 0 Å². The van der Waals surface area contributed by atoms with E-state index in [1.54, 1.807) is 26.8 Å². The summed E-state index contributed by atoms with van der Waals surface area (Å²) in [6.45, 7) is 9.83. The van der Waals surface area contributed by atoms with E-state index in [-0.39, 0.29) is 19.2 Å². The summed E-state index contributed by atoms with van der Waals surface area (Å²) < 4.78 is 39.4. The minimum absolute atomic E-state index is 0.176. The van der Waals surface area contributed by atoms with Crippen LogP contribution < -0.4 is 19.9 Å². The Morgan fingerprint density at radius 1 is 1.27 bits per heavy atom. The Labute approximate surface area is 196 Å². The van der Waals surface area contributed by atoms with Crippen LogP contribution in [0.5, 0.6) is 11.5 Å². The van der Waals surface area contributed by atoms with Crippen molar-refractivity contribution in [3.8, 4) is 11.5 Å². The van der Waals surface area contributed by atoms with Gasteiger partial charge in [-0.15, -0.1) is 0 Å². The van der Waals surface area contributed by atoms with Crippen LogP contribution in [0.4, 0.5) is 5.82 Å². The van der Waals surface area contributed by atoms with Crippen LogP contribution in [0.1, 0.15) is 32.8 Å². The molecule has 3 heterocycles. The summed E-state index contributed by atoms with van der Waals surface area (Å²) in [6, 6.07) is 3.76. The first-order chi connectivity index (χ1) is 15.6. The Bertz CT molecular complexity index is 1310. The molecule has 1 aromatic carbocycles. The highest BCUT2D eigenvalue weighted by Crippen LogP contribution is 2.41. The Morgan fingerprint density at radius 3 is 2.70 bits per heavy atom. The van der Waals surface area contributed by atoms with Gasteiger partial charge in [0.15, 0.2) is 33.6 Å². The van der Waals surface area contributed by atoms with Gasteiger partial charge in [-0.05, 0) is 44.9 Å². The van der Waals surface area contributed by atoms with E-state index in [2.05, 4.69) is 26.3 Å². The smallest absolute Gasteiger partial charge is 0.231 e. The van der Waals surface area contributed by atoms with Gasteiger partial charge in [-0.3, -0.25) is 0 Å². The molecule has 0 spiro atoms. The van der Waals surface area contributed by atoms with Crippen molar-refractivity contribution in [1.29, 1.82) is 0 Å². The first-order valence-corrected chi connectivity index (χ1v) is 12.6. The second-order valence-corrected chi connectivity index (χ2v) is 11.9. The van der Waals surface area contributed by atoms with Crippen LogP contribution in [0.25, 0.3) is 17.2 Å². The number of ether oxygens (including phenoxy) is 2. The number of nitrogens with one attached hydrogen (secondary N) is 1. The maximum absolute atomic E-state index is 12.3.